The number of Topliss-reactive ketones (excluding diaryl/α,β-unsaturated/α-hetero) is 1. The molecule has 25 heavy (non-hydrogen) atoms. The lowest BCUT2D eigenvalue weighted by Gasteiger charge is -2.57. The van der Waals surface area contributed by atoms with Crippen LogP contribution in [0, 0.1) is 34.5 Å². The molecule has 0 spiro atoms. The maximum atomic E-state index is 13.3. The van der Waals surface area contributed by atoms with E-state index < -0.39 is 6.10 Å². The molecular weight excluding hydrogens is 316 g/mol. The molecule has 0 radical (unpaired) electrons. The lowest BCUT2D eigenvalue weighted by Crippen LogP contribution is -2.55. The topological polar surface area (TPSA) is 77.8 Å². The second-order valence-electron chi connectivity index (χ2n) is 9.61. The van der Waals surface area contributed by atoms with Crippen molar-refractivity contribution in [2.24, 2.45) is 34.5 Å². The van der Waals surface area contributed by atoms with Gasteiger partial charge < -0.3 is 15.3 Å². The highest BCUT2D eigenvalue weighted by molar-refractivity contribution is 5.85. The van der Waals surface area contributed by atoms with Crippen LogP contribution in [0.3, 0.4) is 0 Å². The molecular formula is C21H32O4. The minimum atomic E-state index is -0.713. The first-order valence-corrected chi connectivity index (χ1v) is 10.0. The zero-order valence-corrected chi connectivity index (χ0v) is 15.4. The van der Waals surface area contributed by atoms with E-state index in [1.165, 1.54) is 5.57 Å². The van der Waals surface area contributed by atoms with Crippen LogP contribution < -0.4 is 0 Å². The van der Waals surface area contributed by atoms with Crippen molar-refractivity contribution >= 4 is 5.78 Å². The van der Waals surface area contributed by atoms with Gasteiger partial charge in [-0.05, 0) is 67.1 Å². The number of rotatable bonds is 2. The van der Waals surface area contributed by atoms with Crippen LogP contribution >= 0.6 is 0 Å². The fraction of sp³-hybridized carbons (Fsp3) is 0.857. The van der Waals surface area contributed by atoms with Crippen molar-refractivity contribution in [1.82, 2.24) is 0 Å². The number of ketones is 1. The molecule has 0 saturated heterocycles. The quantitative estimate of drug-likeness (QED) is 0.670. The van der Waals surface area contributed by atoms with Gasteiger partial charge in [-0.1, -0.05) is 25.5 Å². The molecule has 0 aliphatic heterocycles. The molecule has 4 heteroatoms. The Kier molecular flexibility index (Phi) is 4.17. The first kappa shape index (κ1) is 17.7. The predicted octanol–water partition coefficient (Wildman–Crippen LogP) is 2.46. The average molecular weight is 348 g/mol. The lowest BCUT2D eigenvalue weighted by atomic mass is 9.47. The van der Waals surface area contributed by atoms with Gasteiger partial charge in [0.05, 0.1) is 18.8 Å². The monoisotopic (exact) mass is 348 g/mol. The predicted molar refractivity (Wildman–Crippen MR) is 94.7 cm³/mol. The summed E-state index contributed by atoms with van der Waals surface area (Å²) >= 11 is 0. The van der Waals surface area contributed by atoms with Gasteiger partial charge in [-0.15, -0.1) is 0 Å². The Balaban J connectivity index is 1.69. The van der Waals surface area contributed by atoms with Crippen molar-refractivity contribution in [3.05, 3.63) is 11.6 Å². The second kappa shape index (κ2) is 5.90. The van der Waals surface area contributed by atoms with E-state index in [-0.39, 0.29) is 35.4 Å². The molecule has 140 valence electrons. The largest absolute Gasteiger partial charge is 0.394 e. The Hall–Kier alpha value is -0.710. The maximum Gasteiger partial charge on any atom is 0.137 e. The molecule has 0 heterocycles. The van der Waals surface area contributed by atoms with Crippen LogP contribution in [0.1, 0.15) is 58.8 Å². The summed E-state index contributed by atoms with van der Waals surface area (Å²) in [5.74, 6) is 1.25. The molecule has 0 amide bonds. The lowest BCUT2D eigenvalue weighted by molar-refractivity contribution is -0.147. The van der Waals surface area contributed by atoms with Crippen molar-refractivity contribution in [1.29, 1.82) is 0 Å². The van der Waals surface area contributed by atoms with Gasteiger partial charge in [-0.25, -0.2) is 0 Å². The number of hydrogen-bond acceptors (Lipinski definition) is 4. The Morgan fingerprint density at radius 2 is 2.04 bits per heavy atom. The normalized spacial score (nSPS) is 50.5. The van der Waals surface area contributed by atoms with Crippen LogP contribution in [0.25, 0.3) is 0 Å². The van der Waals surface area contributed by atoms with Crippen LogP contribution in [0.5, 0.6) is 0 Å². The summed E-state index contributed by atoms with van der Waals surface area (Å²) in [7, 11) is 0. The van der Waals surface area contributed by atoms with Gasteiger partial charge in [0.2, 0.25) is 0 Å². The van der Waals surface area contributed by atoms with Crippen LogP contribution in [-0.2, 0) is 4.79 Å². The molecule has 4 rings (SSSR count). The second-order valence-corrected chi connectivity index (χ2v) is 9.61. The number of allylic oxidation sites excluding steroid dienone is 1. The first-order valence-electron chi connectivity index (χ1n) is 10.0. The Bertz CT molecular complexity index is 599. The van der Waals surface area contributed by atoms with Gasteiger partial charge >= 0.3 is 0 Å². The highest BCUT2D eigenvalue weighted by Gasteiger charge is 2.62. The molecule has 0 aromatic heterocycles. The van der Waals surface area contributed by atoms with Crippen LogP contribution in [0.4, 0.5) is 0 Å². The Morgan fingerprint density at radius 3 is 2.76 bits per heavy atom. The van der Waals surface area contributed by atoms with E-state index in [1.54, 1.807) is 0 Å². The molecule has 0 aromatic carbocycles. The van der Waals surface area contributed by atoms with E-state index in [9.17, 15) is 20.1 Å². The summed E-state index contributed by atoms with van der Waals surface area (Å²) in [6.45, 7) is 4.21. The van der Waals surface area contributed by atoms with E-state index in [0.29, 0.717) is 24.0 Å². The minimum absolute atomic E-state index is 0.0266. The van der Waals surface area contributed by atoms with Gasteiger partial charge in [-0.2, -0.15) is 0 Å². The standard InChI is InChI=1S/C21H32O4/c1-20-8-7-13(23)9-12(20)3-4-14-15-5-6-16(18(25)11-22)21(15,2)10-17(24)19(14)20/h3,13-16,18-19,22-23,25H,4-11H2,1-2H3. The molecule has 3 saturated carbocycles. The number of hydrogen-bond donors (Lipinski definition) is 3. The zero-order chi connectivity index (χ0) is 18.0. The van der Waals surface area contributed by atoms with Crippen LogP contribution in [-0.4, -0.2) is 39.9 Å². The maximum absolute atomic E-state index is 13.3. The van der Waals surface area contributed by atoms with E-state index in [1.807, 2.05) is 0 Å². The Labute approximate surface area is 150 Å². The third-order valence-electron chi connectivity index (χ3n) is 8.49. The zero-order valence-electron chi connectivity index (χ0n) is 15.4. The van der Waals surface area contributed by atoms with Crippen molar-refractivity contribution in [3.8, 4) is 0 Å². The summed E-state index contributed by atoms with van der Waals surface area (Å²) in [4.78, 5) is 13.3. The molecule has 3 N–H and O–H groups in total. The van der Waals surface area contributed by atoms with Gasteiger partial charge in [0, 0.05) is 12.3 Å². The average Bonchev–Trinajstić information content (AvgIpc) is 2.91. The molecule has 4 nitrogen and oxygen atoms in total. The number of aliphatic hydroxyl groups excluding tert-OH is 3. The van der Waals surface area contributed by atoms with Gasteiger partial charge in [0.1, 0.15) is 5.78 Å². The number of fused-ring (bicyclic) bond motifs is 5. The molecule has 4 aliphatic rings. The summed E-state index contributed by atoms with van der Waals surface area (Å²) in [6.07, 6.45) is 7.18. The van der Waals surface area contributed by atoms with Gasteiger partial charge in [0.25, 0.3) is 0 Å². The fourth-order valence-corrected chi connectivity index (χ4v) is 7.27. The summed E-state index contributed by atoms with van der Waals surface area (Å²) < 4.78 is 0. The number of carbonyl (C=O) groups is 1. The minimum Gasteiger partial charge on any atom is -0.394 e. The van der Waals surface area contributed by atoms with Crippen LogP contribution in [0.15, 0.2) is 11.6 Å². The van der Waals surface area contributed by atoms with Crippen molar-refractivity contribution in [3.63, 3.8) is 0 Å². The molecule has 0 aromatic rings. The third-order valence-corrected chi connectivity index (χ3v) is 8.49. The smallest absolute Gasteiger partial charge is 0.137 e. The molecule has 0 bridgehead atoms. The summed E-state index contributed by atoms with van der Waals surface area (Å²) in [6, 6.07) is 0. The highest BCUT2D eigenvalue weighted by Crippen LogP contribution is 2.65. The fourth-order valence-electron chi connectivity index (χ4n) is 7.27. The van der Waals surface area contributed by atoms with E-state index in [4.69, 9.17) is 0 Å². The van der Waals surface area contributed by atoms with Crippen LogP contribution in [0.2, 0.25) is 0 Å². The molecule has 8 atom stereocenters. The molecule has 8 unspecified atom stereocenters. The number of aliphatic hydroxyl groups is 3. The van der Waals surface area contributed by atoms with Crippen molar-refractivity contribution in [2.45, 2.75) is 71.0 Å². The number of carbonyl (C=O) groups excluding carboxylic acids is 1. The van der Waals surface area contributed by atoms with E-state index in [2.05, 4.69) is 19.9 Å². The molecule has 4 aliphatic carbocycles. The van der Waals surface area contributed by atoms with Gasteiger partial charge in [-0.3, -0.25) is 4.79 Å². The van der Waals surface area contributed by atoms with Gasteiger partial charge in [0.15, 0.2) is 0 Å². The molecule has 3 fully saturated rings. The van der Waals surface area contributed by atoms with E-state index in [0.717, 1.165) is 38.5 Å². The van der Waals surface area contributed by atoms with Crippen molar-refractivity contribution in [2.75, 3.05) is 6.61 Å². The first-order chi connectivity index (χ1) is 11.8. The highest BCUT2D eigenvalue weighted by atomic mass is 16.3. The summed E-state index contributed by atoms with van der Waals surface area (Å²) in [5, 5.41) is 29.8. The Morgan fingerprint density at radius 1 is 1.28 bits per heavy atom. The summed E-state index contributed by atoms with van der Waals surface area (Å²) in [5.41, 5.74) is 1.03. The SMILES string of the molecule is CC12CCC(O)CC1=CCC1C2C(=O)CC2(C)C(C(O)CO)CCC12. The third kappa shape index (κ3) is 2.40. The van der Waals surface area contributed by atoms with E-state index >= 15 is 0 Å². The van der Waals surface area contributed by atoms with Crippen molar-refractivity contribution < 1.29 is 20.1 Å².